The van der Waals surface area contributed by atoms with E-state index in [9.17, 15) is 14.4 Å². The Hall–Kier alpha value is -2.24. The number of carbonyl (C=O) groups excluding carboxylic acids is 2. The lowest BCUT2D eigenvalue weighted by molar-refractivity contribution is -0.406. The molecule has 0 bridgehead atoms. The minimum atomic E-state index is -1.21. The summed E-state index contributed by atoms with van der Waals surface area (Å²) in [6.07, 6.45) is 6.76. The zero-order valence-corrected chi connectivity index (χ0v) is 9.16. The summed E-state index contributed by atoms with van der Waals surface area (Å²) in [5.41, 5.74) is 0.573. The van der Waals surface area contributed by atoms with Gasteiger partial charge in [0.25, 0.3) is 0 Å². The maximum absolute atomic E-state index is 12.0. The highest BCUT2D eigenvalue weighted by atomic mass is 16.4. The van der Waals surface area contributed by atoms with E-state index >= 15 is 0 Å². The minimum absolute atomic E-state index is 0.494. The molecular formula is C11H11N2O4+. The predicted octanol–water partition coefficient (Wildman–Crippen LogP) is -0.141. The zero-order valence-electron chi connectivity index (χ0n) is 9.16. The lowest BCUT2D eigenvalue weighted by Crippen LogP contribution is -2.54. The molecule has 1 heterocycles. The second kappa shape index (κ2) is 3.97. The Kier molecular flexibility index (Phi) is 2.63. The third-order valence-electron chi connectivity index (χ3n) is 2.73. The molecule has 1 unspecified atom stereocenters. The van der Waals surface area contributed by atoms with Crippen LogP contribution in [0, 0.1) is 5.92 Å². The SMILES string of the molecule is C[N+]1=C2C=CC=CC2C(=O)N(CC(=O)O)C1=O. The molecule has 2 aliphatic rings. The molecule has 88 valence electrons. The summed E-state index contributed by atoms with van der Waals surface area (Å²) in [7, 11) is 1.52. The number of allylic oxidation sites excluding steroid dienone is 3. The van der Waals surface area contributed by atoms with Crippen molar-refractivity contribution in [3.8, 4) is 0 Å². The Morgan fingerprint density at radius 2 is 2.18 bits per heavy atom. The van der Waals surface area contributed by atoms with Crippen LogP contribution in [-0.4, -0.2) is 51.8 Å². The monoisotopic (exact) mass is 235 g/mol. The predicted molar refractivity (Wildman–Crippen MR) is 57.7 cm³/mol. The van der Waals surface area contributed by atoms with Crippen LogP contribution in [-0.2, 0) is 9.59 Å². The van der Waals surface area contributed by atoms with Gasteiger partial charge in [-0.3, -0.25) is 0 Å². The number of amides is 3. The van der Waals surface area contributed by atoms with Crippen LogP contribution >= 0.6 is 0 Å². The van der Waals surface area contributed by atoms with Gasteiger partial charge in [-0.15, -0.1) is 4.90 Å². The molecule has 1 atom stereocenters. The summed E-state index contributed by atoms with van der Waals surface area (Å²) in [4.78, 5) is 35.1. The molecule has 1 aliphatic heterocycles. The third kappa shape index (κ3) is 1.77. The van der Waals surface area contributed by atoms with Crippen LogP contribution in [0.5, 0.6) is 0 Å². The van der Waals surface area contributed by atoms with Crippen molar-refractivity contribution in [2.24, 2.45) is 5.92 Å². The molecule has 0 saturated heterocycles. The molecule has 3 amide bonds. The molecule has 1 N–H and O–H groups in total. The fourth-order valence-electron chi connectivity index (χ4n) is 1.90. The first-order valence-corrected chi connectivity index (χ1v) is 5.05. The molecule has 2 rings (SSSR count). The van der Waals surface area contributed by atoms with Crippen LogP contribution in [0.15, 0.2) is 24.3 Å². The number of hydrogen-bond acceptors (Lipinski definition) is 3. The highest BCUT2D eigenvalue weighted by Gasteiger charge is 2.46. The Balaban J connectivity index is 2.43. The van der Waals surface area contributed by atoms with Crippen LogP contribution < -0.4 is 0 Å². The van der Waals surface area contributed by atoms with E-state index in [-0.39, 0.29) is 0 Å². The van der Waals surface area contributed by atoms with E-state index in [1.807, 2.05) is 0 Å². The van der Waals surface area contributed by atoms with E-state index in [0.29, 0.717) is 5.71 Å². The summed E-state index contributed by atoms with van der Waals surface area (Å²) >= 11 is 0. The van der Waals surface area contributed by atoms with Gasteiger partial charge in [-0.05, 0) is 6.08 Å². The second-order valence-electron chi connectivity index (χ2n) is 3.81. The molecule has 6 heteroatoms. The van der Waals surface area contributed by atoms with Crippen molar-refractivity contribution < 1.29 is 24.1 Å². The number of carbonyl (C=O) groups is 3. The van der Waals surface area contributed by atoms with Crippen LogP contribution in [0.1, 0.15) is 0 Å². The van der Waals surface area contributed by atoms with E-state index in [1.165, 1.54) is 11.6 Å². The average Bonchev–Trinajstić information content (AvgIpc) is 2.31. The van der Waals surface area contributed by atoms with Gasteiger partial charge in [0.2, 0.25) is 0 Å². The van der Waals surface area contributed by atoms with Crippen LogP contribution in [0.2, 0.25) is 0 Å². The quantitative estimate of drug-likeness (QED) is 0.676. The van der Waals surface area contributed by atoms with E-state index in [4.69, 9.17) is 5.11 Å². The van der Waals surface area contributed by atoms with Crippen molar-refractivity contribution in [3.63, 3.8) is 0 Å². The van der Waals surface area contributed by atoms with Crippen LogP contribution in [0.25, 0.3) is 0 Å². The van der Waals surface area contributed by atoms with Gasteiger partial charge in [0.15, 0.2) is 6.54 Å². The van der Waals surface area contributed by atoms with Gasteiger partial charge in [0.05, 0.1) is 7.05 Å². The van der Waals surface area contributed by atoms with Crippen molar-refractivity contribution in [1.29, 1.82) is 0 Å². The van der Waals surface area contributed by atoms with Gasteiger partial charge in [-0.25, -0.2) is 9.59 Å². The lowest BCUT2D eigenvalue weighted by atomic mass is 9.95. The van der Waals surface area contributed by atoms with Gasteiger partial charge in [0.1, 0.15) is 11.6 Å². The summed E-state index contributed by atoms with van der Waals surface area (Å²) in [6, 6.07) is -0.608. The highest BCUT2D eigenvalue weighted by molar-refractivity contribution is 6.17. The smallest absolute Gasteiger partial charge is 0.478 e. The molecule has 0 aromatic carbocycles. The average molecular weight is 235 g/mol. The molecule has 0 spiro atoms. The first-order chi connectivity index (χ1) is 8.02. The number of nitrogens with zero attached hydrogens (tertiary/aromatic N) is 2. The van der Waals surface area contributed by atoms with Crippen molar-refractivity contribution in [3.05, 3.63) is 24.3 Å². The van der Waals surface area contributed by atoms with Crippen molar-refractivity contribution in [2.75, 3.05) is 13.6 Å². The molecule has 0 aromatic heterocycles. The first-order valence-electron chi connectivity index (χ1n) is 5.05. The van der Waals surface area contributed by atoms with Gasteiger partial charge >= 0.3 is 17.9 Å². The standard InChI is InChI=1S/C11H10N2O4/c1-12-8-5-3-2-4-7(8)10(16)13(11(12)17)6-9(14)15/h2-5,7H,6H2,1H3/p+1. The molecule has 0 aromatic rings. The summed E-state index contributed by atoms with van der Waals surface area (Å²) in [5.74, 6) is -2.27. The number of hydrogen-bond donors (Lipinski definition) is 1. The number of imide groups is 1. The fourth-order valence-corrected chi connectivity index (χ4v) is 1.90. The molecule has 0 saturated carbocycles. The minimum Gasteiger partial charge on any atom is -0.478 e. The first kappa shape index (κ1) is 11.3. The summed E-state index contributed by atoms with van der Waals surface area (Å²) < 4.78 is 1.30. The number of aliphatic carboxylic acids is 1. The molecule has 1 aliphatic carbocycles. The van der Waals surface area contributed by atoms with Gasteiger partial charge < -0.3 is 5.11 Å². The molecular weight excluding hydrogens is 224 g/mol. The molecule has 0 radical (unpaired) electrons. The largest absolute Gasteiger partial charge is 0.501 e. The molecule has 17 heavy (non-hydrogen) atoms. The van der Waals surface area contributed by atoms with E-state index < -0.39 is 30.4 Å². The topological polar surface area (TPSA) is 77.7 Å². The van der Waals surface area contributed by atoms with Crippen molar-refractivity contribution in [2.45, 2.75) is 0 Å². The molecule has 0 fully saturated rings. The van der Waals surface area contributed by atoms with Gasteiger partial charge in [0, 0.05) is 0 Å². The van der Waals surface area contributed by atoms with Crippen LogP contribution in [0.4, 0.5) is 4.79 Å². The summed E-state index contributed by atoms with van der Waals surface area (Å²) in [6.45, 7) is -0.608. The van der Waals surface area contributed by atoms with Gasteiger partial charge in [-0.1, -0.05) is 18.2 Å². The lowest BCUT2D eigenvalue weighted by Gasteiger charge is -2.24. The van der Waals surface area contributed by atoms with E-state index in [0.717, 1.165) is 4.90 Å². The third-order valence-corrected chi connectivity index (χ3v) is 2.73. The highest BCUT2D eigenvalue weighted by Crippen LogP contribution is 2.18. The zero-order chi connectivity index (χ0) is 12.6. The Labute approximate surface area is 97.1 Å². The van der Waals surface area contributed by atoms with Crippen molar-refractivity contribution >= 4 is 23.6 Å². The number of rotatable bonds is 2. The Bertz CT molecular complexity index is 502. The van der Waals surface area contributed by atoms with Crippen LogP contribution in [0.3, 0.4) is 0 Å². The molecule has 6 nitrogen and oxygen atoms in total. The number of fused-ring (bicyclic) bond motifs is 1. The van der Waals surface area contributed by atoms with E-state index in [2.05, 4.69) is 0 Å². The Morgan fingerprint density at radius 1 is 1.47 bits per heavy atom. The maximum atomic E-state index is 12.0. The summed E-state index contributed by atoms with van der Waals surface area (Å²) in [5, 5.41) is 8.68. The normalized spacial score (nSPS) is 23.1. The fraction of sp³-hybridized carbons (Fsp3) is 0.273. The second-order valence-corrected chi connectivity index (χ2v) is 3.81. The van der Waals surface area contributed by atoms with Crippen molar-refractivity contribution in [1.82, 2.24) is 4.90 Å². The maximum Gasteiger partial charge on any atom is 0.501 e. The van der Waals surface area contributed by atoms with E-state index in [1.54, 1.807) is 24.3 Å². The number of urea groups is 1. The number of carboxylic acid groups (broad SMARTS) is 1. The van der Waals surface area contributed by atoms with Gasteiger partial charge in [-0.2, -0.15) is 9.37 Å². The number of carboxylic acids is 1. The Morgan fingerprint density at radius 3 is 2.82 bits per heavy atom.